The quantitative estimate of drug-likeness (QED) is 0.908. The first kappa shape index (κ1) is 11.7. The average Bonchev–Trinajstić information content (AvgIpc) is 2.62. The molecule has 2 N–H and O–H groups in total. The van der Waals surface area contributed by atoms with Gasteiger partial charge in [-0.2, -0.15) is 0 Å². The fourth-order valence-electron chi connectivity index (χ4n) is 1.57. The van der Waals surface area contributed by atoms with Crippen LogP contribution in [0.15, 0.2) is 16.5 Å². The Morgan fingerprint density at radius 2 is 2.19 bits per heavy atom. The molecule has 5 heteroatoms. The monoisotopic (exact) mass is 258 g/mol. The van der Waals surface area contributed by atoms with Crippen LogP contribution in [0.3, 0.4) is 0 Å². The van der Waals surface area contributed by atoms with Crippen molar-refractivity contribution in [3.8, 4) is 0 Å². The molecule has 1 aromatic carbocycles. The molecule has 2 rings (SSSR count). The molecule has 1 unspecified atom stereocenters. The lowest BCUT2D eigenvalue weighted by atomic mass is 10.2. The Kier molecular flexibility index (Phi) is 3.38. The number of hydrogen-bond acceptors (Lipinski definition) is 3. The summed E-state index contributed by atoms with van der Waals surface area (Å²) in [6, 6.07) is 3.16. The molecular weight excluding hydrogens is 247 g/mol. The third-order valence-corrected chi connectivity index (χ3v) is 2.84. The van der Waals surface area contributed by atoms with Gasteiger partial charge in [-0.05, 0) is 18.6 Å². The van der Waals surface area contributed by atoms with Crippen LogP contribution in [0.1, 0.15) is 31.7 Å². The Morgan fingerprint density at radius 1 is 1.44 bits per heavy atom. The number of rotatable bonds is 3. The van der Waals surface area contributed by atoms with E-state index in [4.69, 9.17) is 33.4 Å². The highest BCUT2D eigenvalue weighted by Crippen LogP contribution is 2.30. The van der Waals surface area contributed by atoms with Gasteiger partial charge in [-0.15, -0.1) is 0 Å². The number of nitrogens with two attached hydrogens (primary N) is 1. The van der Waals surface area contributed by atoms with E-state index in [1.54, 1.807) is 12.1 Å². The highest BCUT2D eigenvalue weighted by atomic mass is 35.5. The van der Waals surface area contributed by atoms with Crippen LogP contribution < -0.4 is 5.73 Å². The van der Waals surface area contributed by atoms with Crippen molar-refractivity contribution in [1.82, 2.24) is 4.98 Å². The van der Waals surface area contributed by atoms with Gasteiger partial charge in [0.2, 0.25) is 5.89 Å². The summed E-state index contributed by atoms with van der Waals surface area (Å²) in [7, 11) is 0. The van der Waals surface area contributed by atoms with Crippen LogP contribution in [0.25, 0.3) is 11.1 Å². The summed E-state index contributed by atoms with van der Waals surface area (Å²) in [6.07, 6.45) is 1.81. The summed E-state index contributed by atoms with van der Waals surface area (Å²) in [5.41, 5.74) is 7.13. The van der Waals surface area contributed by atoms with Crippen molar-refractivity contribution in [3.05, 3.63) is 28.1 Å². The Bertz CT molecular complexity index is 510. The van der Waals surface area contributed by atoms with Gasteiger partial charge in [0, 0.05) is 5.02 Å². The van der Waals surface area contributed by atoms with Crippen LogP contribution >= 0.6 is 23.2 Å². The lowest BCUT2D eigenvalue weighted by Gasteiger charge is -2.03. The van der Waals surface area contributed by atoms with E-state index in [-0.39, 0.29) is 6.04 Å². The molecule has 0 aliphatic carbocycles. The molecule has 3 nitrogen and oxygen atoms in total. The van der Waals surface area contributed by atoms with Gasteiger partial charge in [0.25, 0.3) is 0 Å². The van der Waals surface area contributed by atoms with Gasteiger partial charge in [0.05, 0.1) is 11.1 Å². The van der Waals surface area contributed by atoms with Crippen LogP contribution in [0.5, 0.6) is 0 Å². The topological polar surface area (TPSA) is 52.0 Å². The third kappa shape index (κ3) is 2.17. The number of hydrogen-bond donors (Lipinski definition) is 1. The van der Waals surface area contributed by atoms with Gasteiger partial charge in [-0.25, -0.2) is 4.98 Å². The smallest absolute Gasteiger partial charge is 0.212 e. The molecule has 0 aliphatic rings. The number of aromatic nitrogens is 1. The highest BCUT2D eigenvalue weighted by Gasteiger charge is 2.15. The van der Waals surface area contributed by atoms with E-state index in [0.29, 0.717) is 27.0 Å². The van der Waals surface area contributed by atoms with Crippen LogP contribution in [0, 0.1) is 0 Å². The second kappa shape index (κ2) is 4.62. The van der Waals surface area contributed by atoms with Crippen molar-refractivity contribution in [3.63, 3.8) is 0 Å². The van der Waals surface area contributed by atoms with Gasteiger partial charge in [-0.3, -0.25) is 0 Å². The van der Waals surface area contributed by atoms with Crippen molar-refractivity contribution >= 4 is 34.3 Å². The minimum absolute atomic E-state index is 0.188. The zero-order chi connectivity index (χ0) is 11.7. The van der Waals surface area contributed by atoms with Crippen molar-refractivity contribution in [2.45, 2.75) is 25.8 Å². The van der Waals surface area contributed by atoms with Crippen molar-refractivity contribution in [1.29, 1.82) is 0 Å². The lowest BCUT2D eigenvalue weighted by Crippen LogP contribution is -2.09. The molecule has 1 heterocycles. The zero-order valence-electron chi connectivity index (χ0n) is 8.84. The number of benzene rings is 1. The molecule has 2 aromatic rings. The first-order chi connectivity index (χ1) is 7.61. The maximum Gasteiger partial charge on any atom is 0.212 e. The van der Waals surface area contributed by atoms with E-state index in [2.05, 4.69) is 11.9 Å². The summed E-state index contributed by atoms with van der Waals surface area (Å²) in [5.74, 6) is 0.515. The van der Waals surface area contributed by atoms with E-state index in [0.717, 1.165) is 12.8 Å². The maximum atomic E-state index is 6.00. The molecule has 0 radical (unpaired) electrons. The van der Waals surface area contributed by atoms with E-state index in [1.807, 2.05) is 0 Å². The van der Waals surface area contributed by atoms with Crippen molar-refractivity contribution in [2.75, 3.05) is 0 Å². The van der Waals surface area contributed by atoms with E-state index >= 15 is 0 Å². The molecule has 0 fully saturated rings. The summed E-state index contributed by atoms with van der Waals surface area (Å²) in [4.78, 5) is 4.29. The normalized spacial score (nSPS) is 13.2. The van der Waals surface area contributed by atoms with Gasteiger partial charge >= 0.3 is 0 Å². The van der Waals surface area contributed by atoms with Gasteiger partial charge in [0.15, 0.2) is 5.58 Å². The fourth-order valence-corrected chi connectivity index (χ4v) is 2.09. The molecule has 86 valence electrons. The molecule has 0 saturated heterocycles. The van der Waals surface area contributed by atoms with Gasteiger partial charge in [0.1, 0.15) is 5.52 Å². The largest absolute Gasteiger partial charge is 0.437 e. The van der Waals surface area contributed by atoms with Crippen molar-refractivity contribution < 1.29 is 4.42 Å². The molecule has 16 heavy (non-hydrogen) atoms. The Labute approximate surface area is 104 Å². The SMILES string of the molecule is CCCC(N)c1nc2cc(Cl)cc(Cl)c2o1. The second-order valence-electron chi connectivity index (χ2n) is 3.68. The number of nitrogens with zero attached hydrogens (tertiary/aromatic N) is 1. The third-order valence-electron chi connectivity index (χ3n) is 2.34. The molecule has 0 spiro atoms. The molecule has 1 aromatic heterocycles. The van der Waals surface area contributed by atoms with E-state index in [1.165, 1.54) is 0 Å². The van der Waals surface area contributed by atoms with Crippen LogP contribution in [0.2, 0.25) is 10.0 Å². The number of oxazole rings is 1. The predicted molar refractivity (Wildman–Crippen MR) is 65.9 cm³/mol. The average molecular weight is 259 g/mol. The van der Waals surface area contributed by atoms with Crippen LogP contribution in [-0.4, -0.2) is 4.98 Å². The minimum Gasteiger partial charge on any atom is -0.437 e. The molecule has 0 amide bonds. The van der Waals surface area contributed by atoms with Gasteiger partial charge < -0.3 is 10.2 Å². The highest BCUT2D eigenvalue weighted by molar-refractivity contribution is 6.37. The summed E-state index contributed by atoms with van der Waals surface area (Å²) in [6.45, 7) is 2.06. The fraction of sp³-hybridized carbons (Fsp3) is 0.364. The predicted octanol–water partition coefficient (Wildman–Crippen LogP) is 3.93. The molecule has 1 atom stereocenters. The summed E-state index contributed by atoms with van der Waals surface area (Å²) in [5, 5.41) is 1.01. The van der Waals surface area contributed by atoms with Crippen LogP contribution in [0.4, 0.5) is 0 Å². The second-order valence-corrected chi connectivity index (χ2v) is 4.53. The van der Waals surface area contributed by atoms with E-state index < -0.39 is 0 Å². The van der Waals surface area contributed by atoms with Crippen molar-refractivity contribution in [2.24, 2.45) is 5.73 Å². The summed E-state index contributed by atoms with van der Waals surface area (Å²) >= 11 is 11.9. The number of halogens is 2. The first-order valence-electron chi connectivity index (χ1n) is 5.13. The molecular formula is C11H12Cl2N2O. The zero-order valence-corrected chi connectivity index (χ0v) is 10.3. The Balaban J connectivity index is 2.47. The standard InChI is InChI=1S/C11H12Cl2N2O/c1-2-3-8(14)11-15-9-5-6(12)4-7(13)10(9)16-11/h4-5,8H,2-3,14H2,1H3. The minimum atomic E-state index is -0.188. The van der Waals surface area contributed by atoms with E-state index in [9.17, 15) is 0 Å². The van der Waals surface area contributed by atoms with Crippen LogP contribution in [-0.2, 0) is 0 Å². The summed E-state index contributed by atoms with van der Waals surface area (Å²) < 4.78 is 5.54. The number of fused-ring (bicyclic) bond motifs is 1. The molecule has 0 aliphatic heterocycles. The molecule has 0 bridgehead atoms. The lowest BCUT2D eigenvalue weighted by molar-refractivity contribution is 0.456. The Hall–Kier alpha value is -0.770. The first-order valence-corrected chi connectivity index (χ1v) is 5.88. The Morgan fingerprint density at radius 3 is 2.88 bits per heavy atom. The molecule has 0 saturated carbocycles. The maximum absolute atomic E-state index is 6.00. The van der Waals surface area contributed by atoms with Gasteiger partial charge in [-0.1, -0.05) is 36.5 Å².